The first kappa shape index (κ1) is 120. The molecular formula is C104H160N20O22S. The molecule has 0 saturated carbocycles. The first-order chi connectivity index (χ1) is 70.1. The minimum Gasteiger partial charge on any atom is -0.508 e. The molecule has 5 heterocycles. The lowest BCUT2D eigenvalue weighted by Gasteiger charge is -2.36. The number of unbranched alkanes of at least 4 members (excludes halogenated alkanes) is 13. The summed E-state index contributed by atoms with van der Waals surface area (Å²) >= 11 is 0.918. The number of nitrogens with two attached hydrogens (primary N) is 3. The van der Waals surface area contributed by atoms with Crippen LogP contribution in [0.15, 0.2) is 85.2 Å². The number of aromatic hydroxyl groups is 1. The van der Waals surface area contributed by atoms with E-state index in [0.29, 0.717) is 77.0 Å². The second-order valence-electron chi connectivity index (χ2n) is 40.1. The number of aliphatic carboxylic acids is 1. The van der Waals surface area contributed by atoms with Crippen molar-refractivity contribution in [3.63, 3.8) is 0 Å². The third kappa shape index (κ3) is 36.8. The number of aromatic amines is 1. The van der Waals surface area contributed by atoms with Crippen molar-refractivity contribution in [3.05, 3.63) is 102 Å². The van der Waals surface area contributed by atoms with Crippen molar-refractivity contribution in [1.82, 2.24) is 87.2 Å². The fourth-order valence-electron chi connectivity index (χ4n) is 19.2. The van der Waals surface area contributed by atoms with Gasteiger partial charge >= 0.3 is 5.97 Å². The van der Waals surface area contributed by atoms with Crippen molar-refractivity contribution >= 4 is 128 Å². The van der Waals surface area contributed by atoms with Gasteiger partial charge in [-0.15, -0.1) is 11.8 Å². The quantitative estimate of drug-likeness (QED) is 0.0198. The van der Waals surface area contributed by atoms with Gasteiger partial charge in [0.1, 0.15) is 90.5 Å². The van der Waals surface area contributed by atoms with Crippen LogP contribution in [0, 0.1) is 11.8 Å². The number of fused-ring (bicyclic) bond motifs is 4. The normalized spacial score (nSPS) is 24.4. The van der Waals surface area contributed by atoms with Crippen LogP contribution in [-0.4, -0.2) is 328 Å². The third-order valence-corrected chi connectivity index (χ3v) is 28.5. The Bertz CT molecular complexity index is 5200. The molecule has 43 heteroatoms. The number of para-hydroxylation sites is 2. The van der Waals surface area contributed by atoms with Crippen LogP contribution in [0.25, 0.3) is 21.8 Å². The summed E-state index contributed by atoms with van der Waals surface area (Å²) in [6.07, 6.45) is 9.17. The Kier molecular flexibility index (Phi) is 49.6. The molecular weight excluding hydrogens is 1910 g/mol. The van der Waals surface area contributed by atoms with Crippen LogP contribution in [0.4, 0.5) is 0 Å². The molecule has 5 aromatic rings. The molecule has 3 aliphatic heterocycles. The van der Waals surface area contributed by atoms with Gasteiger partial charge in [0.25, 0.3) is 0 Å². The van der Waals surface area contributed by atoms with Gasteiger partial charge in [-0.25, -0.2) is 0 Å². The smallest absolute Gasteiger partial charge is 0.303 e. The summed E-state index contributed by atoms with van der Waals surface area (Å²) in [5.41, 5.74) is 20.9. The number of thioether (sulfide) groups is 1. The van der Waals surface area contributed by atoms with E-state index in [1.807, 2.05) is 27.7 Å². The maximum Gasteiger partial charge on any atom is 0.303 e. The Balaban J connectivity index is 1.18. The van der Waals surface area contributed by atoms with Gasteiger partial charge in [-0.3, -0.25) is 82.0 Å². The lowest BCUT2D eigenvalue weighted by Crippen LogP contribution is -2.62. The second kappa shape index (κ2) is 60.6. The monoisotopic (exact) mass is 2070 g/mol. The van der Waals surface area contributed by atoms with E-state index in [1.165, 1.54) is 67.0 Å². The zero-order chi connectivity index (χ0) is 108. The highest BCUT2D eigenvalue weighted by atomic mass is 32.2. The van der Waals surface area contributed by atoms with Gasteiger partial charge in [-0.05, 0) is 124 Å². The molecule has 2 aromatic heterocycles. The number of benzene rings is 3. The Morgan fingerprint density at radius 2 is 1.07 bits per heavy atom. The number of amides is 15. The van der Waals surface area contributed by atoms with Crippen molar-refractivity contribution in [3.8, 4) is 5.75 Å². The van der Waals surface area contributed by atoms with Crippen molar-refractivity contribution < 1.29 is 107 Å². The van der Waals surface area contributed by atoms with E-state index in [1.54, 1.807) is 79.3 Å². The van der Waals surface area contributed by atoms with Gasteiger partial charge in [0.15, 0.2) is 6.29 Å². The lowest BCUT2D eigenvalue weighted by molar-refractivity contribution is -0.149. The predicted molar refractivity (Wildman–Crippen MR) is 555 cm³/mol. The number of phenolic OH excluding ortho intramolecular Hbond substituents is 1. The predicted octanol–water partition coefficient (Wildman–Crippen LogP) is 2.45. The number of hydrogen-bond acceptors (Lipinski definition) is 25. The Morgan fingerprint density at radius 3 is 1.70 bits per heavy atom. The van der Waals surface area contributed by atoms with Gasteiger partial charge < -0.3 is 130 Å². The third-order valence-electron chi connectivity index (χ3n) is 27.5. The molecule has 3 fully saturated rings. The van der Waals surface area contributed by atoms with Gasteiger partial charge in [-0.2, -0.15) is 0 Å². The molecule has 42 nitrogen and oxygen atoms in total. The maximum absolute atomic E-state index is 16.1. The summed E-state index contributed by atoms with van der Waals surface area (Å²) in [5.74, 6) is -15.1. The molecule has 147 heavy (non-hydrogen) atoms. The average molecular weight is 2070 g/mol. The molecule has 0 aliphatic carbocycles. The van der Waals surface area contributed by atoms with E-state index in [0.717, 1.165) is 85.8 Å². The van der Waals surface area contributed by atoms with E-state index >= 15 is 43.2 Å². The topological polar surface area (TPSA) is 630 Å². The number of carboxylic acids is 1. The number of aromatic nitrogens is 2. The summed E-state index contributed by atoms with van der Waals surface area (Å²) in [6, 6.07) is -0.773. The average Bonchev–Trinajstić information content (AvgIpc) is 1.65. The SMILES string of the molecule is CCCC[C@H]1C(=O)N(C)[C@@H](CCCC)C(=O)N[C@@H](CC(C)C)C(=O)N[C@H](C(=O)NCCCCCCCCCCCCCCC(=O)O)CSCC(=O)N[C@@H](Cc2ccc(O)cc2)C(=O)N(C)[C@@H](C)C(=O)N[C@@H](CC(N)=O)C(=O)N2CCC[C@H]2C(O)N[C@@H](CN)C(=O)N[C@@H](CC(C)C)C(=O)N2C[C@H](O)C[C@@H]2C(=O)N[C@@H](Cc2c[nH]c3ccccc23)C(=O)N[C@@H](CCN)C(=O)N[C@@H](Cc2cn(CC(O)O)c3ccccc23)C(=O)N1C. The Labute approximate surface area is 864 Å². The minimum atomic E-state index is -1.84. The summed E-state index contributed by atoms with van der Waals surface area (Å²) < 4.78 is 1.56. The van der Waals surface area contributed by atoms with Crippen LogP contribution in [0.2, 0.25) is 0 Å². The number of nitrogens with one attached hydrogen (secondary N) is 11. The molecule has 0 spiro atoms. The van der Waals surface area contributed by atoms with Gasteiger partial charge in [0, 0.05) is 119 Å². The van der Waals surface area contributed by atoms with Crippen LogP contribution in [-0.2, 0) is 103 Å². The van der Waals surface area contributed by atoms with E-state index in [4.69, 9.17) is 22.3 Å². The van der Waals surface area contributed by atoms with E-state index < -0.39 is 223 Å². The number of likely N-dealkylation sites (N-methyl/N-ethyl adjacent to an activating group) is 3. The molecule has 8 rings (SSSR count). The number of aliphatic hydroxyl groups is 4. The van der Waals surface area contributed by atoms with E-state index in [9.17, 15) is 59.1 Å². The molecule has 0 radical (unpaired) electrons. The number of hydrogen-bond donors (Lipinski definition) is 20. The maximum atomic E-state index is 16.1. The summed E-state index contributed by atoms with van der Waals surface area (Å²) in [6.45, 7) is 10.8. The van der Waals surface area contributed by atoms with Crippen molar-refractivity contribution in [1.29, 1.82) is 0 Å². The Morgan fingerprint density at radius 1 is 0.537 bits per heavy atom. The van der Waals surface area contributed by atoms with E-state index in [2.05, 4.69) is 58.2 Å². The van der Waals surface area contributed by atoms with Crippen molar-refractivity contribution in [2.24, 2.45) is 29.0 Å². The minimum absolute atomic E-state index is 0.000800. The number of rotatable bonds is 39. The molecule has 3 saturated heterocycles. The molecule has 23 N–H and O–H groups in total. The number of aliphatic hydroxyl groups excluding tert-OH is 3. The van der Waals surface area contributed by atoms with Gasteiger partial charge in [-0.1, -0.05) is 180 Å². The van der Waals surface area contributed by atoms with Crippen molar-refractivity contribution in [2.45, 2.75) is 344 Å². The highest BCUT2D eigenvalue weighted by molar-refractivity contribution is 8.00. The molecule has 1 unspecified atom stereocenters. The molecule has 3 aromatic carbocycles. The summed E-state index contributed by atoms with van der Waals surface area (Å²) in [4.78, 5) is 246. The molecule has 15 amide bonds. The number of primary amides is 1. The number of carbonyl (C=O) groups excluding carboxylic acids is 15. The Hall–Kier alpha value is -11.9. The zero-order valence-corrected chi connectivity index (χ0v) is 87.6. The summed E-state index contributed by atoms with van der Waals surface area (Å²) in [7, 11) is 4.06. The van der Waals surface area contributed by atoms with E-state index in [-0.39, 0.29) is 127 Å². The zero-order valence-electron chi connectivity index (χ0n) is 86.8. The molecule has 0 bridgehead atoms. The van der Waals surface area contributed by atoms with Crippen LogP contribution in [0.3, 0.4) is 0 Å². The van der Waals surface area contributed by atoms with Crippen LogP contribution >= 0.6 is 11.8 Å². The summed E-state index contributed by atoms with van der Waals surface area (Å²) in [5, 5.41) is 92.9. The van der Waals surface area contributed by atoms with Crippen LogP contribution in [0.5, 0.6) is 5.75 Å². The molecule has 16 atom stereocenters. The first-order valence-corrected chi connectivity index (χ1v) is 53.2. The number of phenols is 1. The van der Waals surface area contributed by atoms with Crippen molar-refractivity contribution in [2.75, 3.05) is 65.4 Å². The highest BCUT2D eigenvalue weighted by Crippen LogP contribution is 2.30. The second-order valence-corrected chi connectivity index (χ2v) is 41.1. The standard InChI is InChI=1S/C104H160N20O22S/c1-11-13-35-83-97(139)112-74(48-62(3)4)94(136)118-81(92(134)108-46-30-24-22-20-18-16-15-17-19-21-23-25-39-89(129)130)60-147-61-88(128)110-77(50-65-40-42-68(125)43-41-65)100(142)119(8)64(7)91(133)114-79(54-87(107)127)102(144)123-47-31-38-84(123)98(140)117-80(55-106)96(138)115-76(49-63(5)6)103(145)124-58-69(126)53-86(124)99(141)113-75(51-66-56-109-72-34-28-26-32-70(66)72)95(137)111-73(44-45-105)93(135)116-78(101(143)121(10)85(36-14-12-2)104(146)120(83)9)52-67-57-122(59-90(131)132)82-37-29-27-33-71(67)82/h26-29,32-34,37,40-43,56-57,62-64,69,73-81,83-86,90,98,109,117,125-126,131-132,140H,11-25,30-31,35-36,38-39,44-55,58-61,105-106H2,1-10H3,(H2,107,127)(H,108,134)(H,110,128)(H,111,137)(H,112,139)(H,113,141)(H,114,133)(H,115,138)(H,116,135)(H,118,136)(H,129,130)/t64-,69+,73-,74-,75-,76-,77-,78-,79-,80-,81-,83-,84-,85-,86+,98?/m0/s1. The fourth-order valence-corrected chi connectivity index (χ4v) is 20.1. The fraction of sp³-hybridized carbons (Fsp3) is 0.635. The number of carbonyl (C=O) groups is 16. The highest BCUT2D eigenvalue weighted by Gasteiger charge is 2.47. The van der Waals surface area contributed by atoms with Crippen LogP contribution in [0.1, 0.15) is 232 Å². The first-order valence-electron chi connectivity index (χ1n) is 52.0. The van der Waals surface area contributed by atoms with Gasteiger partial charge in [0.2, 0.25) is 88.6 Å². The lowest BCUT2D eigenvalue weighted by atomic mass is 9.99. The molecule has 814 valence electrons. The van der Waals surface area contributed by atoms with Gasteiger partial charge in [0.05, 0.1) is 30.9 Å². The largest absolute Gasteiger partial charge is 0.508 e. The van der Waals surface area contributed by atoms with Crippen LogP contribution < -0.4 is 70.4 Å². The number of H-pyrrole nitrogens is 1. The number of carboxylic acid groups (broad SMARTS) is 1. The molecule has 3 aliphatic rings. The number of nitrogens with zero attached hydrogens (tertiary/aromatic N) is 6.